The van der Waals surface area contributed by atoms with Gasteiger partial charge in [-0.2, -0.15) is 13.2 Å². The van der Waals surface area contributed by atoms with Crippen LogP contribution in [0.25, 0.3) is 0 Å². The van der Waals surface area contributed by atoms with Crippen LogP contribution in [-0.2, 0) is 19.2 Å². The zero-order chi connectivity index (χ0) is 25.3. The van der Waals surface area contributed by atoms with Crippen LogP contribution in [0.4, 0.5) is 18.0 Å². The predicted octanol–water partition coefficient (Wildman–Crippen LogP) is 0.347. The van der Waals surface area contributed by atoms with Crippen LogP contribution in [0.2, 0.25) is 0 Å². The summed E-state index contributed by atoms with van der Waals surface area (Å²) in [5.74, 6) is -3.39. The van der Waals surface area contributed by atoms with Crippen molar-refractivity contribution in [2.24, 2.45) is 17.6 Å². The molecular formula is C21H30F3N5O5. The average Bonchev–Trinajstić information content (AvgIpc) is 3.40. The Kier molecular flexibility index (Phi) is 7.41. The topological polar surface area (TPSA) is 151 Å². The standard InChI is InChI=1S/C21H30F3N5O5/c1-11-5-8-29(14(30)10-26-19(34)28-20(6-7-20)21(22,23)24)15(11)18(33)27-13(16(31)17(25)32)9-12-3-2-4-12/h11-13,15H,2-10H2,1H3,(H2,25,32)(H,27,33)(H2,26,28,34). The molecule has 0 aromatic carbocycles. The first-order valence-electron chi connectivity index (χ1n) is 11.4. The molecular weight excluding hydrogens is 459 g/mol. The van der Waals surface area contributed by atoms with Crippen LogP contribution < -0.4 is 21.7 Å². The van der Waals surface area contributed by atoms with Gasteiger partial charge in [-0.05, 0) is 37.5 Å². The van der Waals surface area contributed by atoms with E-state index in [9.17, 15) is 37.1 Å². The fraction of sp³-hybridized carbons (Fsp3) is 0.762. The van der Waals surface area contributed by atoms with Gasteiger partial charge in [0.25, 0.3) is 5.91 Å². The number of ketones is 1. The van der Waals surface area contributed by atoms with Crippen LogP contribution in [0.3, 0.4) is 0 Å². The van der Waals surface area contributed by atoms with Crippen molar-refractivity contribution in [3.8, 4) is 0 Å². The Bertz CT molecular complexity index is 856. The van der Waals surface area contributed by atoms with Crippen LogP contribution in [0.1, 0.15) is 51.9 Å². The molecule has 5 N–H and O–H groups in total. The molecule has 0 radical (unpaired) electrons. The Balaban J connectivity index is 1.58. The van der Waals surface area contributed by atoms with Crippen molar-refractivity contribution in [3.05, 3.63) is 0 Å². The van der Waals surface area contributed by atoms with Crippen LogP contribution in [0.15, 0.2) is 0 Å². The number of alkyl halides is 3. The minimum absolute atomic E-state index is 0.196. The van der Waals surface area contributed by atoms with E-state index in [2.05, 4.69) is 10.6 Å². The summed E-state index contributed by atoms with van der Waals surface area (Å²) >= 11 is 0. The molecule has 34 heavy (non-hydrogen) atoms. The maximum absolute atomic E-state index is 13.0. The van der Waals surface area contributed by atoms with Crippen LogP contribution in [0, 0.1) is 11.8 Å². The molecule has 10 nitrogen and oxygen atoms in total. The highest BCUT2D eigenvalue weighted by Crippen LogP contribution is 2.48. The molecule has 2 aliphatic carbocycles. The second-order valence-corrected chi connectivity index (χ2v) is 9.51. The van der Waals surface area contributed by atoms with Crippen molar-refractivity contribution >= 4 is 29.5 Å². The highest BCUT2D eigenvalue weighted by atomic mass is 19.4. The van der Waals surface area contributed by atoms with E-state index in [-0.39, 0.29) is 37.6 Å². The quantitative estimate of drug-likeness (QED) is 0.345. The molecule has 5 amide bonds. The number of likely N-dealkylation sites (tertiary alicyclic amines) is 1. The van der Waals surface area contributed by atoms with Crippen molar-refractivity contribution in [2.45, 2.75) is 75.7 Å². The second kappa shape index (κ2) is 9.79. The fourth-order valence-corrected chi connectivity index (χ4v) is 4.47. The van der Waals surface area contributed by atoms with Gasteiger partial charge in [0.05, 0.1) is 12.6 Å². The first-order valence-corrected chi connectivity index (χ1v) is 11.4. The molecule has 3 aliphatic rings. The highest BCUT2D eigenvalue weighted by molar-refractivity contribution is 6.37. The molecule has 3 atom stereocenters. The van der Waals surface area contributed by atoms with E-state index in [1.807, 2.05) is 5.32 Å². The van der Waals surface area contributed by atoms with E-state index in [0.29, 0.717) is 6.42 Å². The molecule has 1 saturated heterocycles. The maximum Gasteiger partial charge on any atom is 0.411 e. The third-order valence-electron chi connectivity index (χ3n) is 7.00. The van der Waals surface area contributed by atoms with Gasteiger partial charge < -0.3 is 26.6 Å². The summed E-state index contributed by atoms with van der Waals surface area (Å²) in [7, 11) is 0. The first kappa shape index (κ1) is 25.8. The summed E-state index contributed by atoms with van der Waals surface area (Å²) in [4.78, 5) is 62.5. The number of nitrogens with zero attached hydrogens (tertiary/aromatic N) is 1. The Morgan fingerprint density at radius 1 is 1.12 bits per heavy atom. The lowest BCUT2D eigenvalue weighted by molar-refractivity contribution is -0.162. The van der Waals surface area contributed by atoms with Gasteiger partial charge in [-0.25, -0.2) is 4.79 Å². The first-order chi connectivity index (χ1) is 15.8. The van der Waals surface area contributed by atoms with Crippen LogP contribution in [-0.4, -0.2) is 71.3 Å². The monoisotopic (exact) mass is 489 g/mol. The van der Waals surface area contributed by atoms with E-state index >= 15 is 0 Å². The molecule has 3 fully saturated rings. The lowest BCUT2D eigenvalue weighted by Crippen LogP contribution is -2.56. The van der Waals surface area contributed by atoms with Gasteiger partial charge in [0.1, 0.15) is 11.6 Å². The van der Waals surface area contributed by atoms with E-state index in [1.54, 1.807) is 6.92 Å². The Hall–Kier alpha value is -2.86. The number of Topliss-reactive ketones (excluding diaryl/α,β-unsaturated/α-hetero) is 1. The Morgan fingerprint density at radius 3 is 2.26 bits per heavy atom. The van der Waals surface area contributed by atoms with E-state index in [4.69, 9.17) is 5.73 Å². The molecule has 190 valence electrons. The third-order valence-corrected chi connectivity index (χ3v) is 7.00. The molecule has 2 saturated carbocycles. The lowest BCUT2D eigenvalue weighted by Gasteiger charge is -2.31. The zero-order valence-corrected chi connectivity index (χ0v) is 18.9. The largest absolute Gasteiger partial charge is 0.411 e. The number of carbonyl (C=O) groups is 5. The normalized spacial score (nSPS) is 24.5. The minimum atomic E-state index is -4.58. The molecule has 3 unspecified atom stereocenters. The number of carbonyl (C=O) groups excluding carboxylic acids is 5. The Labute approximate surface area is 194 Å². The van der Waals surface area contributed by atoms with Gasteiger partial charge in [0.15, 0.2) is 0 Å². The molecule has 1 aliphatic heterocycles. The fourth-order valence-electron chi connectivity index (χ4n) is 4.47. The summed E-state index contributed by atoms with van der Waals surface area (Å²) in [5, 5.41) is 6.56. The van der Waals surface area contributed by atoms with Gasteiger partial charge in [-0.15, -0.1) is 0 Å². The Morgan fingerprint density at radius 2 is 1.76 bits per heavy atom. The molecule has 13 heteroatoms. The van der Waals surface area contributed by atoms with Crippen molar-refractivity contribution in [3.63, 3.8) is 0 Å². The third kappa shape index (κ3) is 5.61. The SMILES string of the molecule is CC1CCN(C(=O)CNC(=O)NC2(C(F)(F)F)CC2)C1C(=O)NC(CC1CCC1)C(=O)C(N)=O. The smallest absolute Gasteiger partial charge is 0.363 e. The lowest BCUT2D eigenvalue weighted by atomic mass is 9.80. The number of hydrogen-bond donors (Lipinski definition) is 4. The number of urea groups is 1. The minimum Gasteiger partial charge on any atom is -0.363 e. The predicted molar refractivity (Wildman–Crippen MR) is 112 cm³/mol. The summed E-state index contributed by atoms with van der Waals surface area (Å²) in [6.07, 6.45) is -1.51. The van der Waals surface area contributed by atoms with Gasteiger partial charge in [0, 0.05) is 6.54 Å². The number of hydrogen-bond acceptors (Lipinski definition) is 5. The van der Waals surface area contributed by atoms with Gasteiger partial charge in [0.2, 0.25) is 17.6 Å². The molecule has 0 bridgehead atoms. The average molecular weight is 489 g/mol. The van der Waals surface area contributed by atoms with Crippen LogP contribution >= 0.6 is 0 Å². The zero-order valence-electron chi connectivity index (χ0n) is 18.9. The number of amides is 5. The van der Waals surface area contributed by atoms with Crippen molar-refractivity contribution in [2.75, 3.05) is 13.1 Å². The van der Waals surface area contributed by atoms with E-state index in [0.717, 1.165) is 19.3 Å². The van der Waals surface area contributed by atoms with Crippen LogP contribution in [0.5, 0.6) is 0 Å². The number of halogens is 3. The number of nitrogens with one attached hydrogen (secondary N) is 3. The van der Waals surface area contributed by atoms with E-state index < -0.39 is 59.9 Å². The number of rotatable bonds is 9. The summed E-state index contributed by atoms with van der Waals surface area (Å²) in [5.41, 5.74) is 2.87. The van der Waals surface area contributed by atoms with Gasteiger partial charge >= 0.3 is 12.2 Å². The van der Waals surface area contributed by atoms with Crippen molar-refractivity contribution in [1.29, 1.82) is 0 Å². The van der Waals surface area contributed by atoms with Gasteiger partial charge in [-0.3, -0.25) is 19.2 Å². The molecule has 0 aromatic heterocycles. The van der Waals surface area contributed by atoms with Crippen molar-refractivity contribution in [1.82, 2.24) is 20.9 Å². The van der Waals surface area contributed by atoms with Gasteiger partial charge in [-0.1, -0.05) is 26.2 Å². The van der Waals surface area contributed by atoms with Crippen molar-refractivity contribution < 1.29 is 37.1 Å². The maximum atomic E-state index is 13.0. The molecule has 0 aromatic rings. The highest BCUT2D eigenvalue weighted by Gasteiger charge is 2.64. The summed E-state index contributed by atoms with van der Waals surface area (Å²) < 4.78 is 39.0. The number of primary amides is 1. The summed E-state index contributed by atoms with van der Waals surface area (Å²) in [6.45, 7) is 1.35. The summed E-state index contributed by atoms with van der Waals surface area (Å²) in [6, 6.07) is -3.16. The second-order valence-electron chi connectivity index (χ2n) is 9.51. The molecule has 3 rings (SSSR count). The van der Waals surface area contributed by atoms with E-state index in [1.165, 1.54) is 4.90 Å². The molecule has 1 heterocycles. The molecule has 0 spiro atoms. The number of nitrogens with two attached hydrogens (primary N) is 1.